The number of hydrogen-bond donors (Lipinski definition) is 1. The van der Waals surface area contributed by atoms with Crippen LogP contribution in [0.25, 0.3) is 0 Å². The van der Waals surface area contributed by atoms with E-state index < -0.39 is 5.97 Å². The lowest BCUT2D eigenvalue weighted by atomic mass is 10.2. The quantitative estimate of drug-likeness (QED) is 0.113. The molecule has 0 bridgehead atoms. The Morgan fingerprint density at radius 3 is 1.97 bits per heavy atom. The fourth-order valence-corrected chi connectivity index (χ4v) is 3.45. The van der Waals surface area contributed by atoms with Crippen LogP contribution in [0, 0.1) is 0 Å². The Labute approximate surface area is 225 Å². The molecule has 4 aromatic carbocycles. The van der Waals surface area contributed by atoms with Gasteiger partial charge in [0.15, 0.2) is 0 Å². The van der Waals surface area contributed by atoms with Crippen molar-refractivity contribution in [2.75, 3.05) is 6.61 Å². The molecule has 8 heteroatoms. The maximum atomic E-state index is 12.4. The number of carbonyl (C=O) groups is 2. The van der Waals surface area contributed by atoms with Crippen LogP contribution in [0.2, 0.25) is 5.02 Å². The van der Waals surface area contributed by atoms with Gasteiger partial charge in [-0.15, -0.1) is 0 Å². The van der Waals surface area contributed by atoms with E-state index in [2.05, 4.69) is 10.5 Å². The van der Waals surface area contributed by atoms with E-state index in [9.17, 15) is 9.59 Å². The van der Waals surface area contributed by atoms with Gasteiger partial charge in [-0.3, -0.25) is 4.79 Å². The smallest absolute Gasteiger partial charge is 0.343 e. The van der Waals surface area contributed by atoms with Crippen molar-refractivity contribution in [3.05, 3.63) is 124 Å². The number of carbonyl (C=O) groups excluding carboxylic acids is 2. The van der Waals surface area contributed by atoms with Gasteiger partial charge in [-0.25, -0.2) is 10.2 Å². The van der Waals surface area contributed by atoms with Gasteiger partial charge in [-0.2, -0.15) is 5.10 Å². The molecule has 38 heavy (non-hydrogen) atoms. The van der Waals surface area contributed by atoms with E-state index in [0.717, 1.165) is 11.1 Å². The first kappa shape index (κ1) is 26.4. The highest BCUT2D eigenvalue weighted by molar-refractivity contribution is 6.30. The number of amides is 1. The molecule has 192 valence electrons. The van der Waals surface area contributed by atoms with Gasteiger partial charge in [0.1, 0.15) is 23.9 Å². The zero-order valence-corrected chi connectivity index (χ0v) is 21.4. The molecule has 4 aromatic rings. The van der Waals surface area contributed by atoms with E-state index in [0.29, 0.717) is 46.6 Å². The molecule has 0 saturated heterocycles. The molecule has 0 saturated carbocycles. The summed E-state index contributed by atoms with van der Waals surface area (Å²) >= 11 is 5.89. The molecule has 0 aliphatic rings. The van der Waals surface area contributed by atoms with E-state index in [-0.39, 0.29) is 5.91 Å². The highest BCUT2D eigenvalue weighted by atomic mass is 35.5. The zero-order valence-electron chi connectivity index (χ0n) is 20.6. The van der Waals surface area contributed by atoms with Crippen molar-refractivity contribution in [1.29, 1.82) is 0 Å². The normalized spacial score (nSPS) is 10.7. The minimum absolute atomic E-state index is 0.355. The average molecular weight is 529 g/mol. The van der Waals surface area contributed by atoms with Gasteiger partial charge >= 0.3 is 5.97 Å². The molecule has 7 nitrogen and oxygen atoms in total. The topological polar surface area (TPSA) is 86.2 Å². The predicted octanol–water partition coefficient (Wildman–Crippen LogP) is 6.30. The summed E-state index contributed by atoms with van der Waals surface area (Å²) in [5, 5.41) is 4.67. The van der Waals surface area contributed by atoms with Crippen molar-refractivity contribution in [1.82, 2.24) is 5.43 Å². The largest absolute Gasteiger partial charge is 0.494 e. The Morgan fingerprint density at radius 1 is 0.763 bits per heavy atom. The lowest BCUT2D eigenvalue weighted by Crippen LogP contribution is -2.17. The van der Waals surface area contributed by atoms with Gasteiger partial charge in [0.25, 0.3) is 5.91 Å². The average Bonchev–Trinajstić information content (AvgIpc) is 2.94. The molecule has 0 unspecified atom stereocenters. The van der Waals surface area contributed by atoms with Gasteiger partial charge in [0, 0.05) is 10.6 Å². The van der Waals surface area contributed by atoms with Crippen LogP contribution >= 0.6 is 11.6 Å². The molecular weight excluding hydrogens is 504 g/mol. The van der Waals surface area contributed by atoms with E-state index in [1.165, 1.54) is 6.21 Å². The molecule has 0 fully saturated rings. The third-order valence-electron chi connectivity index (χ3n) is 5.31. The second-order valence-electron chi connectivity index (χ2n) is 8.05. The van der Waals surface area contributed by atoms with E-state index in [1.807, 2.05) is 31.2 Å². The molecule has 1 N–H and O–H groups in total. The summed E-state index contributed by atoms with van der Waals surface area (Å²) in [6, 6.07) is 27.7. The van der Waals surface area contributed by atoms with E-state index in [4.69, 9.17) is 25.8 Å². The van der Waals surface area contributed by atoms with Crippen molar-refractivity contribution < 1.29 is 23.8 Å². The predicted molar refractivity (Wildman–Crippen MR) is 146 cm³/mol. The lowest BCUT2D eigenvalue weighted by molar-refractivity contribution is 0.0734. The summed E-state index contributed by atoms with van der Waals surface area (Å²) in [5.41, 5.74) is 5.06. The first-order valence-corrected chi connectivity index (χ1v) is 12.2. The standard InChI is InChI=1S/C30H25ClN2O5/c1-2-36-26-17-9-24(10-18-26)30(35)38-28-13-5-21(6-14-28)19-32-33-29(34)23-7-15-27(16-8-23)37-20-22-3-11-25(31)12-4-22/h3-19H,2,20H2,1H3,(H,33,34)/b32-19+. The number of benzene rings is 4. The monoisotopic (exact) mass is 528 g/mol. The second-order valence-corrected chi connectivity index (χ2v) is 8.49. The Bertz CT molecular complexity index is 1390. The van der Waals surface area contributed by atoms with Crippen molar-refractivity contribution in [3.8, 4) is 17.2 Å². The molecule has 0 atom stereocenters. The molecular formula is C30H25ClN2O5. The molecule has 0 radical (unpaired) electrons. The lowest BCUT2D eigenvalue weighted by Gasteiger charge is -2.07. The van der Waals surface area contributed by atoms with Crippen molar-refractivity contribution in [2.45, 2.75) is 13.5 Å². The number of rotatable bonds is 10. The Hall–Kier alpha value is -4.62. The van der Waals surface area contributed by atoms with Crippen molar-refractivity contribution in [3.63, 3.8) is 0 Å². The van der Waals surface area contributed by atoms with Crippen LogP contribution in [0.15, 0.2) is 102 Å². The SMILES string of the molecule is CCOc1ccc(C(=O)Oc2ccc(/C=N/NC(=O)c3ccc(OCc4ccc(Cl)cc4)cc3)cc2)cc1. The molecule has 4 rings (SSSR count). The molecule has 0 spiro atoms. The summed E-state index contributed by atoms with van der Waals surface area (Å²) in [7, 11) is 0. The first-order chi connectivity index (χ1) is 18.5. The first-order valence-electron chi connectivity index (χ1n) is 11.9. The van der Waals surface area contributed by atoms with Crippen LogP contribution in [0.3, 0.4) is 0 Å². The number of nitrogens with zero attached hydrogens (tertiary/aromatic N) is 1. The van der Waals surface area contributed by atoms with Gasteiger partial charge in [0.05, 0.1) is 18.4 Å². The Balaban J connectivity index is 1.24. The Kier molecular flexibility index (Phi) is 9.10. The number of halogens is 1. The molecule has 0 aromatic heterocycles. The molecule has 1 amide bonds. The molecule has 0 aliphatic heterocycles. The van der Waals surface area contributed by atoms with Crippen LogP contribution in [0.4, 0.5) is 0 Å². The van der Waals surface area contributed by atoms with Crippen LogP contribution in [0.5, 0.6) is 17.2 Å². The zero-order chi connectivity index (χ0) is 26.7. The number of hydrazone groups is 1. The highest BCUT2D eigenvalue weighted by Crippen LogP contribution is 2.17. The van der Waals surface area contributed by atoms with Crippen molar-refractivity contribution >= 4 is 29.7 Å². The number of ether oxygens (including phenoxy) is 3. The van der Waals surface area contributed by atoms with Crippen molar-refractivity contribution in [2.24, 2.45) is 5.10 Å². The number of hydrogen-bond acceptors (Lipinski definition) is 6. The third kappa shape index (κ3) is 7.69. The fraction of sp³-hybridized carbons (Fsp3) is 0.100. The van der Waals surface area contributed by atoms with Crippen LogP contribution < -0.4 is 19.6 Å². The summed E-state index contributed by atoms with van der Waals surface area (Å²) in [4.78, 5) is 24.7. The second kappa shape index (κ2) is 13.1. The fourth-order valence-electron chi connectivity index (χ4n) is 3.32. The molecule has 0 heterocycles. The van der Waals surface area contributed by atoms with Gasteiger partial charge in [0.2, 0.25) is 0 Å². The van der Waals surface area contributed by atoms with Gasteiger partial charge in [-0.1, -0.05) is 23.7 Å². The van der Waals surface area contributed by atoms with Gasteiger partial charge < -0.3 is 14.2 Å². The molecule has 0 aliphatic carbocycles. The maximum absolute atomic E-state index is 12.4. The number of nitrogens with one attached hydrogen (secondary N) is 1. The van der Waals surface area contributed by atoms with Gasteiger partial charge in [-0.05, 0) is 103 Å². The Morgan fingerprint density at radius 2 is 1.34 bits per heavy atom. The van der Waals surface area contributed by atoms with Crippen LogP contribution in [-0.4, -0.2) is 24.7 Å². The summed E-state index contributed by atoms with van der Waals surface area (Å²) < 4.78 is 16.5. The number of esters is 1. The third-order valence-corrected chi connectivity index (χ3v) is 5.56. The van der Waals surface area contributed by atoms with E-state index >= 15 is 0 Å². The minimum atomic E-state index is -0.469. The van der Waals surface area contributed by atoms with Crippen LogP contribution in [-0.2, 0) is 6.61 Å². The summed E-state index contributed by atoms with van der Waals surface area (Å²) in [6.07, 6.45) is 1.50. The maximum Gasteiger partial charge on any atom is 0.343 e. The van der Waals surface area contributed by atoms with Crippen LogP contribution in [0.1, 0.15) is 38.8 Å². The summed E-state index contributed by atoms with van der Waals surface area (Å²) in [5.74, 6) is 0.900. The summed E-state index contributed by atoms with van der Waals surface area (Å²) in [6.45, 7) is 2.84. The van der Waals surface area contributed by atoms with E-state index in [1.54, 1.807) is 72.8 Å². The minimum Gasteiger partial charge on any atom is -0.494 e. The highest BCUT2D eigenvalue weighted by Gasteiger charge is 2.09.